The number of phenols is 1. The van der Waals surface area contributed by atoms with Crippen molar-refractivity contribution >= 4 is 5.91 Å². The highest BCUT2D eigenvalue weighted by Crippen LogP contribution is 2.20. The van der Waals surface area contributed by atoms with Gasteiger partial charge in [-0.25, -0.2) is 0 Å². The molecule has 0 radical (unpaired) electrons. The molecule has 0 unspecified atom stereocenters. The fourth-order valence-electron chi connectivity index (χ4n) is 2.51. The molecule has 0 atom stereocenters. The van der Waals surface area contributed by atoms with Crippen LogP contribution in [0.25, 0.3) is 0 Å². The van der Waals surface area contributed by atoms with Crippen LogP contribution >= 0.6 is 0 Å². The Morgan fingerprint density at radius 2 is 1.75 bits per heavy atom. The van der Waals surface area contributed by atoms with Crippen molar-refractivity contribution in [2.24, 2.45) is 0 Å². The molecule has 1 aliphatic heterocycles. The number of phenolic OH excluding ortho intramolecular Hbond substituents is 1. The first-order valence-electron chi connectivity index (χ1n) is 7.13. The Balaban J connectivity index is 2.03. The Morgan fingerprint density at radius 1 is 1.15 bits per heavy atom. The van der Waals surface area contributed by atoms with Crippen molar-refractivity contribution in [1.82, 2.24) is 9.80 Å². The van der Waals surface area contributed by atoms with E-state index < -0.39 is 0 Å². The summed E-state index contributed by atoms with van der Waals surface area (Å²) in [6.07, 6.45) is 0. The van der Waals surface area contributed by atoms with Gasteiger partial charge in [0.2, 0.25) is 0 Å². The molecule has 1 amide bonds. The number of hydrogen-bond donors (Lipinski definition) is 1. The van der Waals surface area contributed by atoms with Crippen LogP contribution in [0.15, 0.2) is 18.2 Å². The van der Waals surface area contributed by atoms with Crippen molar-refractivity contribution in [2.45, 2.75) is 33.2 Å². The molecule has 0 aromatic heterocycles. The van der Waals surface area contributed by atoms with Crippen LogP contribution < -0.4 is 0 Å². The minimum atomic E-state index is 0.00820. The smallest absolute Gasteiger partial charge is 0.254 e. The zero-order chi connectivity index (χ0) is 14.9. The van der Waals surface area contributed by atoms with Crippen molar-refractivity contribution in [3.63, 3.8) is 0 Å². The molecule has 20 heavy (non-hydrogen) atoms. The Morgan fingerprint density at radius 3 is 2.25 bits per heavy atom. The molecule has 4 nitrogen and oxygen atoms in total. The van der Waals surface area contributed by atoms with E-state index in [4.69, 9.17) is 0 Å². The molecule has 1 aromatic rings. The number of aryl methyl sites for hydroxylation is 1. The average molecular weight is 276 g/mol. The molecule has 1 fully saturated rings. The third kappa shape index (κ3) is 3.12. The number of rotatable bonds is 1. The lowest BCUT2D eigenvalue weighted by atomic mass is 10.0. The van der Waals surface area contributed by atoms with Crippen molar-refractivity contribution in [2.75, 3.05) is 26.2 Å². The van der Waals surface area contributed by atoms with Crippen molar-refractivity contribution in [3.8, 4) is 5.75 Å². The Bertz CT molecular complexity index is 498. The van der Waals surface area contributed by atoms with Gasteiger partial charge < -0.3 is 10.0 Å². The van der Waals surface area contributed by atoms with Gasteiger partial charge in [0.05, 0.1) is 0 Å². The second-order valence-electron chi connectivity index (χ2n) is 6.45. The molecule has 0 aliphatic carbocycles. The summed E-state index contributed by atoms with van der Waals surface area (Å²) in [4.78, 5) is 16.7. The molecule has 1 heterocycles. The molecule has 1 N–H and O–H groups in total. The molecular formula is C16H24N2O2. The quantitative estimate of drug-likeness (QED) is 0.855. The van der Waals surface area contributed by atoms with Gasteiger partial charge in [0.15, 0.2) is 0 Å². The van der Waals surface area contributed by atoms with Crippen LogP contribution in [-0.2, 0) is 0 Å². The monoisotopic (exact) mass is 276 g/mol. The van der Waals surface area contributed by atoms with Gasteiger partial charge >= 0.3 is 0 Å². The van der Waals surface area contributed by atoms with Crippen LogP contribution in [-0.4, -0.2) is 52.5 Å². The Labute approximate surface area is 121 Å². The SMILES string of the molecule is Cc1ccc(C(=O)N2CCN(C(C)(C)C)CC2)cc1O. The van der Waals surface area contributed by atoms with E-state index >= 15 is 0 Å². The molecule has 1 aromatic carbocycles. The van der Waals surface area contributed by atoms with Crippen molar-refractivity contribution < 1.29 is 9.90 Å². The number of carbonyl (C=O) groups is 1. The summed E-state index contributed by atoms with van der Waals surface area (Å²) in [7, 11) is 0. The van der Waals surface area contributed by atoms with E-state index in [1.807, 2.05) is 11.8 Å². The van der Waals surface area contributed by atoms with Crippen molar-refractivity contribution in [3.05, 3.63) is 29.3 Å². The van der Waals surface area contributed by atoms with Gasteiger partial charge in [0.25, 0.3) is 5.91 Å². The standard InChI is InChI=1S/C16H24N2O2/c1-12-5-6-13(11-14(12)19)15(20)17-7-9-18(10-8-17)16(2,3)4/h5-6,11,19H,7-10H2,1-4H3. The molecule has 0 spiro atoms. The summed E-state index contributed by atoms with van der Waals surface area (Å²) in [6.45, 7) is 11.7. The second-order valence-corrected chi connectivity index (χ2v) is 6.45. The topological polar surface area (TPSA) is 43.8 Å². The predicted octanol–water partition coefficient (Wildman–Crippen LogP) is 2.26. The number of hydrogen-bond acceptors (Lipinski definition) is 3. The molecule has 1 aliphatic rings. The van der Waals surface area contributed by atoms with Crippen LogP contribution in [0.5, 0.6) is 5.75 Å². The summed E-state index contributed by atoms with van der Waals surface area (Å²) < 4.78 is 0. The maximum atomic E-state index is 12.4. The number of nitrogens with zero attached hydrogens (tertiary/aromatic N) is 2. The third-order valence-corrected chi connectivity index (χ3v) is 3.97. The lowest BCUT2D eigenvalue weighted by Crippen LogP contribution is -2.54. The first kappa shape index (κ1) is 14.9. The van der Waals surface area contributed by atoms with Gasteiger partial charge in [0.1, 0.15) is 5.75 Å². The lowest BCUT2D eigenvalue weighted by molar-refractivity contribution is 0.0451. The van der Waals surface area contributed by atoms with E-state index in [-0.39, 0.29) is 17.2 Å². The maximum Gasteiger partial charge on any atom is 0.254 e. The van der Waals surface area contributed by atoms with E-state index in [1.165, 1.54) is 0 Å². The van der Waals surface area contributed by atoms with E-state index in [0.717, 1.165) is 31.7 Å². The van der Waals surface area contributed by atoms with Crippen LogP contribution in [0.3, 0.4) is 0 Å². The lowest BCUT2D eigenvalue weighted by Gasteiger charge is -2.42. The number of aromatic hydroxyl groups is 1. The number of piperazine rings is 1. The first-order valence-corrected chi connectivity index (χ1v) is 7.13. The van der Waals surface area contributed by atoms with Crippen molar-refractivity contribution in [1.29, 1.82) is 0 Å². The highest BCUT2D eigenvalue weighted by Gasteiger charge is 2.28. The Hall–Kier alpha value is -1.55. The normalized spacial score (nSPS) is 17.3. The minimum Gasteiger partial charge on any atom is -0.508 e. The molecular weight excluding hydrogens is 252 g/mol. The average Bonchev–Trinajstić information content (AvgIpc) is 2.40. The highest BCUT2D eigenvalue weighted by atomic mass is 16.3. The molecule has 110 valence electrons. The largest absolute Gasteiger partial charge is 0.508 e. The fourth-order valence-corrected chi connectivity index (χ4v) is 2.51. The molecule has 1 saturated heterocycles. The summed E-state index contributed by atoms with van der Waals surface area (Å²) >= 11 is 0. The first-order chi connectivity index (χ1) is 9.29. The number of benzene rings is 1. The number of amides is 1. The van der Waals surface area contributed by atoms with Gasteiger partial charge in [-0.2, -0.15) is 0 Å². The van der Waals surface area contributed by atoms with Crippen LogP contribution in [0.1, 0.15) is 36.7 Å². The van der Waals surface area contributed by atoms with Gasteiger partial charge in [-0.05, 0) is 45.4 Å². The zero-order valence-corrected chi connectivity index (χ0v) is 12.8. The van der Waals surface area contributed by atoms with Gasteiger partial charge in [-0.1, -0.05) is 6.07 Å². The summed E-state index contributed by atoms with van der Waals surface area (Å²) in [5.74, 6) is 0.193. The third-order valence-electron chi connectivity index (χ3n) is 3.97. The summed E-state index contributed by atoms with van der Waals surface area (Å²) in [5, 5.41) is 9.72. The highest BCUT2D eigenvalue weighted by molar-refractivity contribution is 5.94. The molecule has 0 saturated carbocycles. The molecule has 4 heteroatoms. The van der Waals surface area contributed by atoms with E-state index in [9.17, 15) is 9.90 Å². The van der Waals surface area contributed by atoms with Gasteiger partial charge in [-0.15, -0.1) is 0 Å². The minimum absolute atomic E-state index is 0.00820. The van der Waals surface area contributed by atoms with Crippen LogP contribution in [0, 0.1) is 6.92 Å². The fraction of sp³-hybridized carbons (Fsp3) is 0.562. The predicted molar refractivity (Wildman–Crippen MR) is 80.1 cm³/mol. The van der Waals surface area contributed by atoms with Gasteiger partial charge in [-0.3, -0.25) is 9.69 Å². The maximum absolute atomic E-state index is 12.4. The summed E-state index contributed by atoms with van der Waals surface area (Å²) in [5.41, 5.74) is 1.51. The zero-order valence-electron chi connectivity index (χ0n) is 12.8. The van der Waals surface area contributed by atoms with E-state index in [2.05, 4.69) is 25.7 Å². The molecule has 2 rings (SSSR count). The van der Waals surface area contributed by atoms with Crippen LogP contribution in [0.2, 0.25) is 0 Å². The van der Waals surface area contributed by atoms with E-state index in [0.29, 0.717) is 5.56 Å². The molecule has 0 bridgehead atoms. The summed E-state index contributed by atoms with van der Waals surface area (Å²) in [6, 6.07) is 5.13. The van der Waals surface area contributed by atoms with Crippen LogP contribution in [0.4, 0.5) is 0 Å². The van der Waals surface area contributed by atoms with E-state index in [1.54, 1.807) is 18.2 Å². The Kier molecular flexibility index (Phi) is 4.04. The second kappa shape index (κ2) is 5.44. The van der Waals surface area contributed by atoms with Gasteiger partial charge in [0, 0.05) is 37.3 Å². The number of carbonyl (C=O) groups excluding carboxylic acids is 1.